The Morgan fingerprint density at radius 2 is 2.03 bits per heavy atom. The number of rotatable bonds is 7. The summed E-state index contributed by atoms with van der Waals surface area (Å²) in [7, 11) is 1.57. The third-order valence-corrected chi connectivity index (χ3v) is 5.65. The molecule has 1 saturated heterocycles. The molecule has 0 saturated carbocycles. The maximum absolute atomic E-state index is 12.9. The molecule has 0 bridgehead atoms. The molecule has 1 N–H and O–H groups in total. The van der Waals surface area contributed by atoms with Crippen LogP contribution in [0.4, 0.5) is 11.4 Å². The zero-order chi connectivity index (χ0) is 21.5. The summed E-state index contributed by atoms with van der Waals surface area (Å²) in [5, 5.41) is 2.79. The summed E-state index contributed by atoms with van der Waals surface area (Å²) in [5.41, 5.74) is 1.24. The van der Waals surface area contributed by atoms with Crippen LogP contribution in [0.25, 0.3) is 0 Å². The van der Waals surface area contributed by atoms with Gasteiger partial charge in [-0.25, -0.2) is 4.99 Å². The Morgan fingerprint density at radius 1 is 1.23 bits per heavy atom. The minimum atomic E-state index is -0.579. The van der Waals surface area contributed by atoms with Gasteiger partial charge in [-0.3, -0.25) is 14.5 Å². The second-order valence-electron chi connectivity index (χ2n) is 6.46. The number of aliphatic imine (C=N–C) groups is 1. The monoisotopic (exact) mass is 427 g/mol. The average molecular weight is 428 g/mol. The number of anilines is 1. The van der Waals surface area contributed by atoms with Crippen molar-refractivity contribution in [1.82, 2.24) is 4.90 Å². The molecule has 1 heterocycles. The van der Waals surface area contributed by atoms with Crippen LogP contribution < -0.4 is 14.8 Å². The Hall–Kier alpha value is -3.00. The molecule has 8 heteroatoms. The minimum absolute atomic E-state index is 0.112. The van der Waals surface area contributed by atoms with Crippen LogP contribution in [0.5, 0.6) is 11.5 Å². The molecule has 0 spiro atoms. The summed E-state index contributed by atoms with van der Waals surface area (Å²) < 4.78 is 10.8. The Kier molecular flexibility index (Phi) is 7.35. The van der Waals surface area contributed by atoms with E-state index < -0.39 is 5.25 Å². The van der Waals surface area contributed by atoms with Crippen molar-refractivity contribution in [3.63, 3.8) is 0 Å². The third kappa shape index (κ3) is 5.13. The van der Waals surface area contributed by atoms with Crippen LogP contribution >= 0.6 is 11.8 Å². The van der Waals surface area contributed by atoms with Gasteiger partial charge in [0.25, 0.3) is 0 Å². The number of benzene rings is 2. The third-order valence-electron chi connectivity index (χ3n) is 4.46. The molecule has 1 atom stereocenters. The summed E-state index contributed by atoms with van der Waals surface area (Å²) in [6.45, 7) is 4.80. The van der Waals surface area contributed by atoms with Gasteiger partial charge in [0.2, 0.25) is 11.8 Å². The largest absolute Gasteiger partial charge is 0.494 e. The maximum atomic E-state index is 12.9. The first kappa shape index (κ1) is 21.7. The lowest BCUT2D eigenvalue weighted by molar-refractivity contribution is -0.129. The van der Waals surface area contributed by atoms with Gasteiger partial charge < -0.3 is 14.8 Å². The molecule has 0 radical (unpaired) electrons. The standard InChI is InChI=1S/C22H25N3O4S/c1-4-25-20(26)14-19(21(27)23-15-9-8-10-16(13-15)29-5-2)30-22(25)24-17-11-6-7-12-18(17)28-3/h6-13,19H,4-5,14H2,1-3H3,(H,23,27)/t19-/m0/s1. The second-order valence-corrected chi connectivity index (χ2v) is 7.63. The Morgan fingerprint density at radius 3 is 2.77 bits per heavy atom. The number of para-hydroxylation sites is 2. The van der Waals surface area contributed by atoms with E-state index in [0.29, 0.717) is 41.2 Å². The van der Waals surface area contributed by atoms with E-state index in [1.54, 1.807) is 30.2 Å². The zero-order valence-electron chi connectivity index (χ0n) is 17.3. The lowest BCUT2D eigenvalue weighted by atomic mass is 10.2. The highest BCUT2D eigenvalue weighted by Crippen LogP contribution is 2.33. The van der Waals surface area contributed by atoms with Gasteiger partial charge in [0.05, 0.1) is 13.7 Å². The predicted octanol–water partition coefficient (Wildman–Crippen LogP) is 4.07. The number of carbonyl (C=O) groups excluding carboxylic acids is 2. The van der Waals surface area contributed by atoms with Crippen LogP contribution in [0, 0.1) is 0 Å². The highest BCUT2D eigenvalue weighted by Gasteiger charge is 2.35. The van der Waals surface area contributed by atoms with E-state index in [4.69, 9.17) is 9.47 Å². The quantitative estimate of drug-likeness (QED) is 0.720. The molecule has 1 aliphatic heterocycles. The molecular weight excluding hydrogens is 402 g/mol. The molecule has 0 unspecified atom stereocenters. The molecular formula is C22H25N3O4S. The lowest BCUT2D eigenvalue weighted by Gasteiger charge is -2.31. The normalized spacial score (nSPS) is 17.7. The highest BCUT2D eigenvalue weighted by molar-refractivity contribution is 8.15. The zero-order valence-corrected chi connectivity index (χ0v) is 18.1. The SMILES string of the molecule is CCOc1cccc(NC(=O)[C@@H]2CC(=O)N(CC)C(=Nc3ccccc3OC)S2)c1. The van der Waals surface area contributed by atoms with Gasteiger partial charge in [0.1, 0.15) is 22.4 Å². The highest BCUT2D eigenvalue weighted by atomic mass is 32.2. The van der Waals surface area contributed by atoms with Crippen LogP contribution in [-0.4, -0.2) is 47.4 Å². The van der Waals surface area contributed by atoms with E-state index in [1.165, 1.54) is 11.8 Å². The topological polar surface area (TPSA) is 80.2 Å². The molecule has 7 nitrogen and oxygen atoms in total. The first-order valence-electron chi connectivity index (χ1n) is 9.78. The fraction of sp³-hybridized carbons (Fsp3) is 0.318. The number of hydrogen-bond donors (Lipinski definition) is 1. The molecule has 2 aromatic rings. The fourth-order valence-electron chi connectivity index (χ4n) is 3.03. The summed E-state index contributed by atoms with van der Waals surface area (Å²) in [5.74, 6) is 0.908. The first-order chi connectivity index (χ1) is 14.5. The Labute approximate surface area is 180 Å². The molecule has 1 fully saturated rings. The molecule has 2 aromatic carbocycles. The summed E-state index contributed by atoms with van der Waals surface area (Å²) >= 11 is 1.28. The molecule has 158 valence electrons. The number of thioether (sulfide) groups is 1. The van der Waals surface area contributed by atoms with Crippen LogP contribution in [0.1, 0.15) is 20.3 Å². The molecule has 0 aromatic heterocycles. The van der Waals surface area contributed by atoms with Gasteiger partial charge in [-0.15, -0.1) is 0 Å². The van der Waals surface area contributed by atoms with Crippen LogP contribution in [0.15, 0.2) is 53.5 Å². The maximum Gasteiger partial charge on any atom is 0.238 e. The number of amides is 2. The van der Waals surface area contributed by atoms with Crippen molar-refractivity contribution in [3.8, 4) is 11.5 Å². The molecule has 30 heavy (non-hydrogen) atoms. The number of ether oxygens (including phenoxy) is 2. The van der Waals surface area contributed by atoms with Gasteiger partial charge in [0, 0.05) is 24.7 Å². The van der Waals surface area contributed by atoms with E-state index in [2.05, 4.69) is 10.3 Å². The summed E-state index contributed by atoms with van der Waals surface area (Å²) in [6.07, 6.45) is 0.112. The van der Waals surface area contributed by atoms with Gasteiger partial charge in [-0.05, 0) is 38.1 Å². The van der Waals surface area contributed by atoms with E-state index >= 15 is 0 Å². The van der Waals surface area contributed by atoms with Gasteiger partial charge in [0.15, 0.2) is 5.17 Å². The summed E-state index contributed by atoms with van der Waals surface area (Å²) in [4.78, 5) is 31.8. The molecule has 1 aliphatic rings. The van der Waals surface area contributed by atoms with Gasteiger partial charge in [-0.1, -0.05) is 30.0 Å². The van der Waals surface area contributed by atoms with Gasteiger partial charge in [-0.2, -0.15) is 0 Å². The van der Waals surface area contributed by atoms with Crippen LogP contribution in [-0.2, 0) is 9.59 Å². The van der Waals surface area contributed by atoms with Crippen molar-refractivity contribution in [3.05, 3.63) is 48.5 Å². The molecule has 0 aliphatic carbocycles. The number of methoxy groups -OCH3 is 1. The van der Waals surface area contributed by atoms with Gasteiger partial charge >= 0.3 is 0 Å². The van der Waals surface area contributed by atoms with Crippen LogP contribution in [0.2, 0.25) is 0 Å². The fourth-order valence-corrected chi connectivity index (χ4v) is 4.19. The van der Waals surface area contributed by atoms with E-state index in [1.807, 2.05) is 44.2 Å². The Bertz CT molecular complexity index is 947. The van der Waals surface area contributed by atoms with Crippen molar-refractivity contribution in [2.24, 2.45) is 4.99 Å². The van der Waals surface area contributed by atoms with E-state index in [-0.39, 0.29) is 18.2 Å². The second kappa shape index (κ2) is 10.2. The number of nitrogens with zero attached hydrogens (tertiary/aromatic N) is 2. The number of amidine groups is 1. The van der Waals surface area contributed by atoms with Crippen molar-refractivity contribution in [2.75, 3.05) is 25.6 Å². The van der Waals surface area contributed by atoms with Crippen molar-refractivity contribution in [2.45, 2.75) is 25.5 Å². The lowest BCUT2D eigenvalue weighted by Crippen LogP contribution is -2.45. The summed E-state index contributed by atoms with van der Waals surface area (Å²) in [6, 6.07) is 14.5. The average Bonchev–Trinajstić information content (AvgIpc) is 2.74. The minimum Gasteiger partial charge on any atom is -0.494 e. The number of hydrogen-bond acceptors (Lipinski definition) is 6. The van der Waals surface area contributed by atoms with E-state index in [0.717, 1.165) is 0 Å². The van der Waals surface area contributed by atoms with Crippen LogP contribution in [0.3, 0.4) is 0 Å². The van der Waals surface area contributed by atoms with E-state index in [9.17, 15) is 9.59 Å². The van der Waals surface area contributed by atoms with Crippen molar-refractivity contribution >= 4 is 40.1 Å². The van der Waals surface area contributed by atoms with Crippen molar-refractivity contribution in [1.29, 1.82) is 0 Å². The van der Waals surface area contributed by atoms with Crippen molar-refractivity contribution < 1.29 is 19.1 Å². The Balaban J connectivity index is 1.81. The number of nitrogens with one attached hydrogen (secondary N) is 1. The molecule has 2 amide bonds. The number of carbonyl (C=O) groups is 2. The smallest absolute Gasteiger partial charge is 0.238 e. The molecule has 3 rings (SSSR count). The predicted molar refractivity (Wildman–Crippen MR) is 120 cm³/mol. The first-order valence-corrected chi connectivity index (χ1v) is 10.7.